The van der Waals surface area contributed by atoms with Crippen LogP contribution in [0.15, 0.2) is 59.1 Å². The summed E-state index contributed by atoms with van der Waals surface area (Å²) in [5.74, 6) is 0.210. The van der Waals surface area contributed by atoms with Gasteiger partial charge in [0.25, 0.3) is 0 Å². The Morgan fingerprint density at radius 1 is 1.04 bits per heavy atom. The van der Waals surface area contributed by atoms with E-state index < -0.39 is 0 Å². The highest BCUT2D eigenvalue weighted by molar-refractivity contribution is 6.13. The van der Waals surface area contributed by atoms with E-state index in [0.717, 1.165) is 38.8 Å². The molecule has 0 amide bonds. The van der Waals surface area contributed by atoms with Crippen molar-refractivity contribution in [3.8, 4) is 17.3 Å². The summed E-state index contributed by atoms with van der Waals surface area (Å²) in [6.07, 6.45) is 1.80. The first-order valence-electron chi connectivity index (χ1n) is 8.00. The molecule has 0 aliphatic heterocycles. The first kappa shape index (κ1) is 14.5. The van der Waals surface area contributed by atoms with Gasteiger partial charge >= 0.3 is 0 Å². The van der Waals surface area contributed by atoms with Crippen molar-refractivity contribution in [1.82, 2.24) is 4.98 Å². The third kappa shape index (κ3) is 2.08. The second kappa shape index (κ2) is 5.50. The van der Waals surface area contributed by atoms with Crippen molar-refractivity contribution in [2.24, 2.45) is 0 Å². The highest BCUT2D eigenvalue weighted by atomic mass is 16.3. The number of nitriles is 1. The third-order valence-corrected chi connectivity index (χ3v) is 4.34. The molecule has 2 heterocycles. The van der Waals surface area contributed by atoms with E-state index in [0.29, 0.717) is 5.56 Å². The SMILES string of the molecule is CC(C)c1c(C#N)ccc2c1oc1cccc(-c3ccccn3)c12. The number of rotatable bonds is 2. The molecular weight excluding hydrogens is 296 g/mol. The molecule has 0 saturated carbocycles. The molecule has 0 aliphatic rings. The number of hydrogen-bond donors (Lipinski definition) is 0. The molecule has 0 aliphatic carbocycles. The molecule has 0 spiro atoms. The van der Waals surface area contributed by atoms with Gasteiger partial charge in [-0.1, -0.05) is 32.0 Å². The lowest BCUT2D eigenvalue weighted by atomic mass is 9.94. The van der Waals surface area contributed by atoms with Gasteiger partial charge in [0, 0.05) is 28.1 Å². The van der Waals surface area contributed by atoms with Crippen LogP contribution in [0.4, 0.5) is 0 Å². The summed E-state index contributed by atoms with van der Waals surface area (Å²) < 4.78 is 6.17. The highest BCUT2D eigenvalue weighted by Crippen LogP contribution is 2.39. The van der Waals surface area contributed by atoms with E-state index in [4.69, 9.17) is 4.42 Å². The van der Waals surface area contributed by atoms with Crippen LogP contribution in [0.3, 0.4) is 0 Å². The lowest BCUT2D eigenvalue weighted by molar-refractivity contribution is 0.656. The number of aromatic nitrogens is 1. The molecule has 0 atom stereocenters. The van der Waals surface area contributed by atoms with Gasteiger partial charge in [-0.05, 0) is 36.2 Å². The maximum Gasteiger partial charge on any atom is 0.140 e. The average Bonchev–Trinajstić information content (AvgIpc) is 2.99. The largest absolute Gasteiger partial charge is 0.456 e. The molecule has 116 valence electrons. The minimum atomic E-state index is 0.210. The van der Waals surface area contributed by atoms with E-state index in [1.807, 2.05) is 42.5 Å². The fourth-order valence-corrected chi connectivity index (χ4v) is 3.32. The Morgan fingerprint density at radius 2 is 1.92 bits per heavy atom. The monoisotopic (exact) mass is 312 g/mol. The van der Waals surface area contributed by atoms with Crippen molar-refractivity contribution in [1.29, 1.82) is 5.26 Å². The van der Waals surface area contributed by atoms with E-state index in [-0.39, 0.29) is 5.92 Å². The second-order valence-electron chi connectivity index (χ2n) is 6.17. The van der Waals surface area contributed by atoms with Crippen LogP contribution in [-0.4, -0.2) is 4.98 Å². The summed E-state index contributed by atoms with van der Waals surface area (Å²) in [6.45, 7) is 4.17. The summed E-state index contributed by atoms with van der Waals surface area (Å²) >= 11 is 0. The van der Waals surface area contributed by atoms with Gasteiger partial charge < -0.3 is 4.42 Å². The van der Waals surface area contributed by atoms with Crippen LogP contribution < -0.4 is 0 Å². The number of pyridine rings is 1. The summed E-state index contributed by atoms with van der Waals surface area (Å²) in [7, 11) is 0. The number of furan rings is 1. The Bertz CT molecular complexity index is 1090. The lowest BCUT2D eigenvalue weighted by Gasteiger charge is -2.08. The molecule has 4 rings (SSSR count). The molecule has 2 aromatic carbocycles. The Labute approximate surface area is 140 Å². The molecule has 0 bridgehead atoms. The van der Waals surface area contributed by atoms with Crippen LogP contribution in [0, 0.1) is 11.3 Å². The summed E-state index contributed by atoms with van der Waals surface area (Å²) in [4.78, 5) is 4.48. The Kier molecular flexibility index (Phi) is 3.32. The third-order valence-electron chi connectivity index (χ3n) is 4.34. The molecule has 0 N–H and O–H groups in total. The van der Waals surface area contributed by atoms with Crippen LogP contribution in [0.2, 0.25) is 0 Å². The van der Waals surface area contributed by atoms with Crippen molar-refractivity contribution in [2.75, 3.05) is 0 Å². The average molecular weight is 312 g/mol. The van der Waals surface area contributed by atoms with Gasteiger partial charge in [0.1, 0.15) is 11.2 Å². The Hall–Kier alpha value is -3.12. The van der Waals surface area contributed by atoms with Gasteiger partial charge in [-0.25, -0.2) is 0 Å². The quantitative estimate of drug-likeness (QED) is 0.481. The minimum Gasteiger partial charge on any atom is -0.456 e. The van der Waals surface area contributed by atoms with Crippen LogP contribution in [0.5, 0.6) is 0 Å². The molecule has 24 heavy (non-hydrogen) atoms. The highest BCUT2D eigenvalue weighted by Gasteiger charge is 2.19. The zero-order chi connectivity index (χ0) is 16.7. The first-order valence-corrected chi connectivity index (χ1v) is 8.00. The maximum absolute atomic E-state index is 9.43. The van der Waals surface area contributed by atoms with E-state index in [1.165, 1.54) is 0 Å². The number of fused-ring (bicyclic) bond motifs is 3. The van der Waals surface area contributed by atoms with Gasteiger partial charge in [0.05, 0.1) is 17.3 Å². The summed E-state index contributed by atoms with van der Waals surface area (Å²) in [5, 5.41) is 11.5. The number of benzene rings is 2. The summed E-state index contributed by atoms with van der Waals surface area (Å²) in [5.41, 5.74) is 5.24. The van der Waals surface area contributed by atoms with E-state index in [1.54, 1.807) is 6.20 Å². The predicted molar refractivity (Wildman–Crippen MR) is 95.8 cm³/mol. The molecule has 2 aromatic heterocycles. The first-order chi connectivity index (χ1) is 11.7. The van der Waals surface area contributed by atoms with Crippen molar-refractivity contribution >= 4 is 21.9 Å². The molecule has 0 saturated heterocycles. The zero-order valence-corrected chi connectivity index (χ0v) is 13.6. The molecule has 0 radical (unpaired) electrons. The van der Waals surface area contributed by atoms with Crippen LogP contribution in [0.1, 0.15) is 30.9 Å². The topological polar surface area (TPSA) is 49.8 Å². The molecule has 0 fully saturated rings. The van der Waals surface area contributed by atoms with Crippen LogP contribution in [-0.2, 0) is 0 Å². The van der Waals surface area contributed by atoms with Crippen LogP contribution in [0.25, 0.3) is 33.2 Å². The number of hydrogen-bond acceptors (Lipinski definition) is 3. The fourth-order valence-electron chi connectivity index (χ4n) is 3.32. The second-order valence-corrected chi connectivity index (χ2v) is 6.17. The van der Waals surface area contributed by atoms with Crippen LogP contribution >= 0.6 is 0 Å². The molecular formula is C21H16N2O. The predicted octanol–water partition coefficient (Wildman–Crippen LogP) is 5.64. The smallest absolute Gasteiger partial charge is 0.140 e. The maximum atomic E-state index is 9.43. The molecule has 0 unspecified atom stereocenters. The molecule has 3 nitrogen and oxygen atoms in total. The summed E-state index contributed by atoms with van der Waals surface area (Å²) in [6, 6.07) is 18.1. The lowest BCUT2D eigenvalue weighted by Crippen LogP contribution is -1.93. The molecule has 4 aromatic rings. The zero-order valence-electron chi connectivity index (χ0n) is 13.6. The normalized spacial score (nSPS) is 11.2. The standard InChI is InChI=1S/C21H16N2O/c1-13(2)19-14(12-22)9-10-16-20-15(17-7-3-4-11-23-17)6-5-8-18(20)24-21(16)19/h3-11,13H,1-2H3. The van der Waals surface area contributed by atoms with Gasteiger partial charge in [-0.2, -0.15) is 5.26 Å². The van der Waals surface area contributed by atoms with Gasteiger partial charge in [0.2, 0.25) is 0 Å². The van der Waals surface area contributed by atoms with E-state index in [2.05, 4.69) is 31.0 Å². The van der Waals surface area contributed by atoms with Crippen molar-refractivity contribution in [2.45, 2.75) is 19.8 Å². The van der Waals surface area contributed by atoms with Crippen molar-refractivity contribution in [3.05, 3.63) is 65.9 Å². The van der Waals surface area contributed by atoms with E-state index >= 15 is 0 Å². The fraction of sp³-hybridized carbons (Fsp3) is 0.143. The van der Waals surface area contributed by atoms with Gasteiger partial charge in [-0.15, -0.1) is 0 Å². The van der Waals surface area contributed by atoms with Crippen molar-refractivity contribution < 1.29 is 4.42 Å². The number of nitrogens with zero attached hydrogens (tertiary/aromatic N) is 2. The van der Waals surface area contributed by atoms with E-state index in [9.17, 15) is 5.26 Å². The Balaban J connectivity index is 2.15. The van der Waals surface area contributed by atoms with Gasteiger partial charge in [0.15, 0.2) is 0 Å². The minimum absolute atomic E-state index is 0.210. The van der Waals surface area contributed by atoms with Gasteiger partial charge in [-0.3, -0.25) is 4.98 Å². The van der Waals surface area contributed by atoms with Crippen molar-refractivity contribution in [3.63, 3.8) is 0 Å². The molecule has 3 heteroatoms. The Morgan fingerprint density at radius 3 is 2.62 bits per heavy atom.